The Labute approximate surface area is 146 Å². The van der Waals surface area contributed by atoms with Gasteiger partial charge in [0.25, 0.3) is 5.22 Å². The third kappa shape index (κ3) is 3.71. The molecule has 1 aliphatic rings. The molecule has 128 valence electrons. The van der Waals surface area contributed by atoms with Gasteiger partial charge in [-0.05, 0) is 31.0 Å². The topological polar surface area (TPSA) is 76.3 Å². The standard InChI is InChI=1S/C16H19N3O3S2/c1-2-11-23-16-18-17-15(22-16)13-7-6-8-14(12-13)24(20,21)19-9-4-3-5-10-19/h2,6-8,12H,1,3-5,9-11H2. The second kappa shape index (κ2) is 7.50. The Morgan fingerprint density at radius 2 is 2.04 bits per heavy atom. The van der Waals surface area contributed by atoms with Crippen LogP contribution in [-0.4, -0.2) is 41.8 Å². The van der Waals surface area contributed by atoms with Gasteiger partial charge in [-0.3, -0.25) is 0 Å². The maximum absolute atomic E-state index is 12.8. The predicted octanol–water partition coefficient (Wildman–Crippen LogP) is 3.19. The van der Waals surface area contributed by atoms with Crippen molar-refractivity contribution in [1.82, 2.24) is 14.5 Å². The third-order valence-electron chi connectivity index (χ3n) is 3.76. The molecule has 0 atom stereocenters. The number of sulfonamides is 1. The number of nitrogens with zero attached hydrogens (tertiary/aromatic N) is 3. The van der Waals surface area contributed by atoms with Crippen LogP contribution in [0.1, 0.15) is 19.3 Å². The molecule has 1 fully saturated rings. The summed E-state index contributed by atoms with van der Waals surface area (Å²) in [6, 6.07) is 6.67. The van der Waals surface area contributed by atoms with E-state index in [-0.39, 0.29) is 4.90 Å². The van der Waals surface area contributed by atoms with Crippen LogP contribution in [0.4, 0.5) is 0 Å². The van der Waals surface area contributed by atoms with Crippen LogP contribution in [0.25, 0.3) is 11.5 Å². The number of aromatic nitrogens is 2. The summed E-state index contributed by atoms with van der Waals surface area (Å²) in [4.78, 5) is 0.264. The van der Waals surface area contributed by atoms with E-state index in [1.54, 1.807) is 34.6 Å². The molecule has 6 nitrogen and oxygen atoms in total. The first-order valence-corrected chi connectivity index (χ1v) is 10.2. The Morgan fingerprint density at radius 1 is 1.25 bits per heavy atom. The SMILES string of the molecule is C=CCSc1nnc(-c2cccc(S(=O)(=O)N3CCCCC3)c2)o1. The van der Waals surface area contributed by atoms with Crippen LogP contribution in [0.2, 0.25) is 0 Å². The molecule has 1 aliphatic heterocycles. The van der Waals surface area contributed by atoms with Gasteiger partial charge in [-0.25, -0.2) is 8.42 Å². The van der Waals surface area contributed by atoms with Gasteiger partial charge >= 0.3 is 0 Å². The van der Waals surface area contributed by atoms with Gasteiger partial charge in [0.05, 0.1) is 4.90 Å². The minimum absolute atomic E-state index is 0.264. The van der Waals surface area contributed by atoms with Crippen molar-refractivity contribution in [2.75, 3.05) is 18.8 Å². The average molecular weight is 365 g/mol. The van der Waals surface area contributed by atoms with Crippen molar-refractivity contribution < 1.29 is 12.8 Å². The first kappa shape index (κ1) is 17.2. The van der Waals surface area contributed by atoms with Crippen molar-refractivity contribution in [3.05, 3.63) is 36.9 Å². The van der Waals surface area contributed by atoms with Gasteiger partial charge in [0.2, 0.25) is 15.9 Å². The summed E-state index contributed by atoms with van der Waals surface area (Å²) < 4.78 is 32.6. The van der Waals surface area contributed by atoms with Crippen molar-refractivity contribution in [2.45, 2.75) is 29.4 Å². The van der Waals surface area contributed by atoms with Crippen molar-refractivity contribution in [3.8, 4) is 11.5 Å². The molecule has 3 rings (SSSR count). The number of hydrogen-bond donors (Lipinski definition) is 0. The maximum Gasteiger partial charge on any atom is 0.277 e. The molecule has 2 heterocycles. The van der Waals surface area contributed by atoms with Crippen molar-refractivity contribution in [1.29, 1.82) is 0 Å². The number of piperidine rings is 1. The summed E-state index contributed by atoms with van der Waals surface area (Å²) >= 11 is 1.38. The molecule has 0 spiro atoms. The smallest absolute Gasteiger partial charge is 0.277 e. The molecule has 0 amide bonds. The molecular weight excluding hydrogens is 346 g/mol. The second-order valence-electron chi connectivity index (χ2n) is 5.47. The summed E-state index contributed by atoms with van der Waals surface area (Å²) in [7, 11) is -3.47. The van der Waals surface area contributed by atoms with Gasteiger partial charge in [0.1, 0.15) is 0 Å². The first-order chi connectivity index (χ1) is 11.6. The van der Waals surface area contributed by atoms with Crippen molar-refractivity contribution in [3.63, 3.8) is 0 Å². The monoisotopic (exact) mass is 365 g/mol. The Hall–Kier alpha value is -1.64. The zero-order valence-electron chi connectivity index (χ0n) is 13.2. The van der Waals surface area contributed by atoms with E-state index in [1.165, 1.54) is 11.8 Å². The van der Waals surface area contributed by atoms with Gasteiger partial charge in [-0.1, -0.05) is 30.3 Å². The van der Waals surface area contributed by atoms with E-state index in [1.807, 2.05) is 0 Å². The molecule has 2 aromatic rings. The molecular formula is C16H19N3O3S2. The lowest BCUT2D eigenvalue weighted by Crippen LogP contribution is -2.35. The number of thioether (sulfide) groups is 1. The van der Waals surface area contributed by atoms with Crippen LogP contribution in [-0.2, 0) is 10.0 Å². The van der Waals surface area contributed by atoms with Crippen LogP contribution in [0.3, 0.4) is 0 Å². The van der Waals surface area contributed by atoms with Gasteiger partial charge in [0, 0.05) is 24.4 Å². The van der Waals surface area contributed by atoms with Crippen LogP contribution < -0.4 is 0 Å². The van der Waals surface area contributed by atoms with Gasteiger partial charge in [-0.15, -0.1) is 16.8 Å². The van der Waals surface area contributed by atoms with Gasteiger partial charge < -0.3 is 4.42 Å². The van der Waals surface area contributed by atoms with E-state index in [0.29, 0.717) is 35.5 Å². The van der Waals surface area contributed by atoms with Crippen LogP contribution in [0.15, 0.2) is 51.5 Å². The van der Waals surface area contributed by atoms with E-state index in [0.717, 1.165) is 19.3 Å². The molecule has 0 saturated carbocycles. The summed E-state index contributed by atoms with van der Waals surface area (Å²) in [5.74, 6) is 0.989. The maximum atomic E-state index is 12.8. The largest absolute Gasteiger partial charge is 0.411 e. The molecule has 1 saturated heterocycles. The fourth-order valence-electron chi connectivity index (χ4n) is 2.56. The summed E-state index contributed by atoms with van der Waals surface area (Å²) in [5.41, 5.74) is 0.603. The van der Waals surface area contributed by atoms with E-state index < -0.39 is 10.0 Å². The minimum atomic E-state index is -3.47. The predicted molar refractivity (Wildman–Crippen MR) is 93.3 cm³/mol. The molecule has 0 unspecified atom stereocenters. The van der Waals surface area contributed by atoms with Crippen molar-refractivity contribution >= 4 is 21.8 Å². The molecule has 0 aliphatic carbocycles. The summed E-state index contributed by atoms with van der Waals surface area (Å²) in [6.07, 6.45) is 4.65. The lowest BCUT2D eigenvalue weighted by atomic mass is 10.2. The second-order valence-corrected chi connectivity index (χ2v) is 8.37. The Bertz CT molecular complexity index is 811. The molecule has 0 bridgehead atoms. The van der Waals surface area contributed by atoms with Crippen LogP contribution in [0, 0.1) is 0 Å². The zero-order chi connectivity index (χ0) is 17.0. The van der Waals surface area contributed by atoms with E-state index in [9.17, 15) is 8.42 Å². The highest BCUT2D eigenvalue weighted by Gasteiger charge is 2.26. The third-order valence-corrected chi connectivity index (χ3v) is 6.47. The highest BCUT2D eigenvalue weighted by Crippen LogP contribution is 2.27. The fraction of sp³-hybridized carbons (Fsp3) is 0.375. The molecule has 8 heteroatoms. The summed E-state index contributed by atoms with van der Waals surface area (Å²) in [5, 5.41) is 8.38. The lowest BCUT2D eigenvalue weighted by molar-refractivity contribution is 0.346. The van der Waals surface area contributed by atoms with E-state index in [2.05, 4.69) is 16.8 Å². The number of benzene rings is 1. The van der Waals surface area contributed by atoms with Crippen molar-refractivity contribution in [2.24, 2.45) is 0 Å². The Balaban J connectivity index is 1.86. The Morgan fingerprint density at radius 3 is 2.79 bits per heavy atom. The van der Waals surface area contributed by atoms with Gasteiger partial charge in [-0.2, -0.15) is 4.31 Å². The van der Waals surface area contributed by atoms with Gasteiger partial charge in [0.15, 0.2) is 0 Å². The zero-order valence-corrected chi connectivity index (χ0v) is 14.9. The molecule has 0 radical (unpaired) electrons. The highest BCUT2D eigenvalue weighted by molar-refractivity contribution is 7.99. The minimum Gasteiger partial charge on any atom is -0.411 e. The highest BCUT2D eigenvalue weighted by atomic mass is 32.2. The Kier molecular flexibility index (Phi) is 5.37. The fourth-order valence-corrected chi connectivity index (χ4v) is 4.62. The molecule has 0 N–H and O–H groups in total. The number of rotatable bonds is 6. The van der Waals surface area contributed by atoms with Crippen LogP contribution >= 0.6 is 11.8 Å². The quantitative estimate of drug-likeness (QED) is 0.578. The van der Waals surface area contributed by atoms with E-state index >= 15 is 0 Å². The lowest BCUT2D eigenvalue weighted by Gasteiger charge is -2.25. The average Bonchev–Trinajstić information content (AvgIpc) is 3.10. The normalized spacial score (nSPS) is 16.2. The molecule has 1 aromatic carbocycles. The van der Waals surface area contributed by atoms with E-state index in [4.69, 9.17) is 4.42 Å². The number of hydrogen-bond acceptors (Lipinski definition) is 6. The molecule has 1 aromatic heterocycles. The summed E-state index contributed by atoms with van der Waals surface area (Å²) in [6.45, 7) is 4.80. The molecule has 24 heavy (non-hydrogen) atoms. The van der Waals surface area contributed by atoms with Crippen LogP contribution in [0.5, 0.6) is 0 Å². The first-order valence-electron chi connectivity index (χ1n) is 7.79.